The van der Waals surface area contributed by atoms with Gasteiger partial charge < -0.3 is 10.2 Å². The Labute approximate surface area is 117 Å². The zero-order chi connectivity index (χ0) is 13.8. The first-order valence-electron chi connectivity index (χ1n) is 6.42. The van der Waals surface area contributed by atoms with E-state index < -0.39 is 0 Å². The topological polar surface area (TPSA) is 58.4 Å². The van der Waals surface area contributed by atoms with Crippen LogP contribution < -0.4 is 5.32 Å². The lowest BCUT2D eigenvalue weighted by atomic mass is 9.97. The summed E-state index contributed by atoms with van der Waals surface area (Å²) in [6, 6.07) is 4.61. The molecule has 1 aromatic rings. The number of benzene rings is 1. The van der Waals surface area contributed by atoms with Crippen LogP contribution in [0, 0.1) is 16.0 Å². The minimum absolute atomic E-state index is 0.0809. The van der Waals surface area contributed by atoms with Crippen molar-refractivity contribution >= 4 is 23.0 Å². The molecule has 1 saturated heterocycles. The van der Waals surface area contributed by atoms with Crippen LogP contribution in [0.25, 0.3) is 0 Å². The summed E-state index contributed by atoms with van der Waals surface area (Å²) >= 11 is 5.89. The summed E-state index contributed by atoms with van der Waals surface area (Å²) in [6.07, 6.45) is 2.25. The molecule has 0 bridgehead atoms. The number of nitro benzene ring substituents is 1. The van der Waals surface area contributed by atoms with Gasteiger partial charge in [0.05, 0.1) is 4.92 Å². The smallest absolute Gasteiger partial charge is 0.292 e. The molecule has 2 rings (SSSR count). The molecular weight excluding hydrogens is 266 g/mol. The average molecular weight is 284 g/mol. The molecule has 19 heavy (non-hydrogen) atoms. The van der Waals surface area contributed by atoms with E-state index in [1.807, 2.05) is 0 Å². The Morgan fingerprint density at radius 3 is 2.79 bits per heavy atom. The Hall–Kier alpha value is -1.33. The van der Waals surface area contributed by atoms with Gasteiger partial charge in [0.15, 0.2) is 0 Å². The first-order valence-corrected chi connectivity index (χ1v) is 6.80. The number of nitro groups is 1. The predicted octanol–water partition coefficient (Wildman–Crippen LogP) is 3.00. The van der Waals surface area contributed by atoms with Crippen LogP contribution >= 0.6 is 11.6 Å². The van der Waals surface area contributed by atoms with Gasteiger partial charge in [-0.25, -0.2) is 0 Å². The molecule has 104 valence electrons. The molecule has 0 radical (unpaired) electrons. The fourth-order valence-corrected chi connectivity index (χ4v) is 2.50. The molecule has 6 heteroatoms. The lowest BCUT2D eigenvalue weighted by molar-refractivity contribution is -0.384. The maximum atomic E-state index is 10.9. The zero-order valence-electron chi connectivity index (χ0n) is 10.9. The number of hydrogen-bond acceptors (Lipinski definition) is 4. The second-order valence-corrected chi connectivity index (χ2v) is 5.48. The summed E-state index contributed by atoms with van der Waals surface area (Å²) < 4.78 is 0. The van der Waals surface area contributed by atoms with Gasteiger partial charge in [0.25, 0.3) is 5.69 Å². The van der Waals surface area contributed by atoms with Crippen molar-refractivity contribution in [2.45, 2.75) is 12.8 Å². The van der Waals surface area contributed by atoms with Gasteiger partial charge in [0, 0.05) is 17.6 Å². The number of halogens is 1. The summed E-state index contributed by atoms with van der Waals surface area (Å²) in [5.41, 5.74) is 0.591. The summed E-state index contributed by atoms with van der Waals surface area (Å²) in [5, 5.41) is 14.6. The molecule has 0 aliphatic carbocycles. The van der Waals surface area contributed by atoms with Gasteiger partial charge in [-0.1, -0.05) is 11.6 Å². The van der Waals surface area contributed by atoms with Crippen molar-refractivity contribution in [3.05, 3.63) is 33.3 Å². The van der Waals surface area contributed by atoms with E-state index in [-0.39, 0.29) is 10.6 Å². The molecule has 1 aliphatic rings. The quantitative estimate of drug-likeness (QED) is 0.682. The number of rotatable bonds is 4. The van der Waals surface area contributed by atoms with Gasteiger partial charge in [-0.15, -0.1) is 0 Å². The molecule has 1 aromatic carbocycles. The molecule has 1 aliphatic heterocycles. The second kappa shape index (κ2) is 6.21. The van der Waals surface area contributed by atoms with E-state index in [1.54, 1.807) is 12.1 Å². The van der Waals surface area contributed by atoms with Gasteiger partial charge in [0.1, 0.15) is 5.69 Å². The van der Waals surface area contributed by atoms with Crippen LogP contribution in [0.3, 0.4) is 0 Å². The first-order chi connectivity index (χ1) is 9.06. The Morgan fingerprint density at radius 1 is 1.47 bits per heavy atom. The third-order valence-corrected chi connectivity index (χ3v) is 3.81. The standard InChI is InChI=1S/C13H18ClN3O2/c1-16-6-4-10(5-7-16)9-15-12-8-11(14)2-3-13(12)17(18)19/h2-3,8,10,15H,4-7,9H2,1H3. The predicted molar refractivity (Wildman–Crippen MR) is 76.8 cm³/mol. The minimum atomic E-state index is -0.382. The van der Waals surface area contributed by atoms with Crippen LogP contribution in [0.2, 0.25) is 5.02 Å². The van der Waals surface area contributed by atoms with Gasteiger partial charge in [0.2, 0.25) is 0 Å². The van der Waals surface area contributed by atoms with Crippen molar-refractivity contribution in [1.82, 2.24) is 4.90 Å². The Kier molecular flexibility index (Phi) is 4.61. The van der Waals surface area contributed by atoms with Crippen molar-refractivity contribution in [3.63, 3.8) is 0 Å². The summed E-state index contributed by atoms with van der Waals surface area (Å²) in [7, 11) is 2.12. The van der Waals surface area contributed by atoms with E-state index in [2.05, 4.69) is 17.3 Å². The SMILES string of the molecule is CN1CCC(CNc2cc(Cl)ccc2[N+](=O)[O-])CC1. The van der Waals surface area contributed by atoms with Crippen LogP contribution in [-0.2, 0) is 0 Å². The number of hydrogen-bond donors (Lipinski definition) is 1. The molecule has 0 saturated carbocycles. The molecule has 0 amide bonds. The molecule has 1 heterocycles. The minimum Gasteiger partial charge on any atom is -0.379 e. The van der Waals surface area contributed by atoms with Crippen molar-refractivity contribution in [3.8, 4) is 0 Å². The van der Waals surface area contributed by atoms with Crippen LogP contribution in [0.5, 0.6) is 0 Å². The van der Waals surface area contributed by atoms with Gasteiger partial charge in [-0.3, -0.25) is 10.1 Å². The number of piperidine rings is 1. The van der Waals surface area contributed by atoms with Gasteiger partial charge >= 0.3 is 0 Å². The van der Waals surface area contributed by atoms with E-state index in [9.17, 15) is 10.1 Å². The fourth-order valence-electron chi connectivity index (χ4n) is 2.33. The Morgan fingerprint density at radius 2 is 2.16 bits per heavy atom. The lowest BCUT2D eigenvalue weighted by Crippen LogP contribution is -2.33. The number of nitrogens with one attached hydrogen (secondary N) is 1. The third-order valence-electron chi connectivity index (χ3n) is 3.57. The average Bonchev–Trinajstić information content (AvgIpc) is 2.38. The highest BCUT2D eigenvalue weighted by molar-refractivity contribution is 6.31. The van der Waals surface area contributed by atoms with Crippen LogP contribution in [0.15, 0.2) is 18.2 Å². The van der Waals surface area contributed by atoms with Crippen LogP contribution in [-0.4, -0.2) is 36.5 Å². The molecule has 0 unspecified atom stereocenters. The molecule has 0 aromatic heterocycles. The molecule has 0 spiro atoms. The number of nitrogens with zero attached hydrogens (tertiary/aromatic N) is 2. The van der Waals surface area contributed by atoms with E-state index in [0.29, 0.717) is 16.6 Å². The summed E-state index contributed by atoms with van der Waals surface area (Å²) in [6.45, 7) is 2.93. The molecular formula is C13H18ClN3O2. The normalized spacial score (nSPS) is 17.4. The van der Waals surface area contributed by atoms with E-state index in [4.69, 9.17) is 11.6 Å². The van der Waals surface area contributed by atoms with Crippen molar-refractivity contribution in [2.75, 3.05) is 32.0 Å². The summed E-state index contributed by atoms with van der Waals surface area (Å²) in [5.74, 6) is 0.565. The van der Waals surface area contributed by atoms with Crippen LogP contribution in [0.1, 0.15) is 12.8 Å². The highest BCUT2D eigenvalue weighted by Crippen LogP contribution is 2.28. The third kappa shape index (κ3) is 3.81. The lowest BCUT2D eigenvalue weighted by Gasteiger charge is -2.29. The first kappa shape index (κ1) is 14.1. The van der Waals surface area contributed by atoms with Crippen molar-refractivity contribution < 1.29 is 4.92 Å². The monoisotopic (exact) mass is 283 g/mol. The maximum absolute atomic E-state index is 10.9. The van der Waals surface area contributed by atoms with Crippen LogP contribution in [0.4, 0.5) is 11.4 Å². The highest BCUT2D eigenvalue weighted by atomic mass is 35.5. The van der Waals surface area contributed by atoms with E-state index >= 15 is 0 Å². The Bertz CT molecular complexity index is 459. The van der Waals surface area contributed by atoms with Gasteiger partial charge in [-0.2, -0.15) is 0 Å². The molecule has 1 N–H and O–H groups in total. The summed E-state index contributed by atoms with van der Waals surface area (Å²) in [4.78, 5) is 12.9. The van der Waals surface area contributed by atoms with E-state index in [0.717, 1.165) is 32.5 Å². The van der Waals surface area contributed by atoms with Crippen molar-refractivity contribution in [2.24, 2.45) is 5.92 Å². The highest BCUT2D eigenvalue weighted by Gasteiger charge is 2.19. The van der Waals surface area contributed by atoms with Gasteiger partial charge in [-0.05, 0) is 51.0 Å². The number of likely N-dealkylation sites (tertiary alicyclic amines) is 1. The molecule has 1 fully saturated rings. The fraction of sp³-hybridized carbons (Fsp3) is 0.538. The molecule has 5 nitrogen and oxygen atoms in total. The zero-order valence-corrected chi connectivity index (χ0v) is 11.7. The Balaban J connectivity index is 1.98. The maximum Gasteiger partial charge on any atom is 0.292 e. The molecule has 0 atom stereocenters. The van der Waals surface area contributed by atoms with Crippen molar-refractivity contribution in [1.29, 1.82) is 0 Å². The van der Waals surface area contributed by atoms with E-state index in [1.165, 1.54) is 6.07 Å². The number of anilines is 1. The second-order valence-electron chi connectivity index (χ2n) is 5.05. The largest absolute Gasteiger partial charge is 0.379 e.